The molecule has 0 saturated carbocycles. The van der Waals surface area contributed by atoms with Gasteiger partial charge in [0.15, 0.2) is 0 Å². The van der Waals surface area contributed by atoms with Crippen molar-refractivity contribution in [3.8, 4) is 0 Å². The molecule has 0 aliphatic carbocycles. The van der Waals surface area contributed by atoms with E-state index in [4.69, 9.17) is 0 Å². The molecule has 0 atom stereocenters. The van der Waals surface area contributed by atoms with Crippen LogP contribution in [0.4, 0.5) is 0 Å². The van der Waals surface area contributed by atoms with Gasteiger partial charge >= 0.3 is 5.97 Å². The fraction of sp³-hybridized carbons (Fsp3) is 0.375. The Hall–Kier alpha value is -1.05. The quantitative estimate of drug-likeness (QED) is 0.340. The molecule has 0 aromatic carbocycles. The molecule has 0 amide bonds. The highest BCUT2D eigenvalue weighted by Gasteiger charge is 2.24. The van der Waals surface area contributed by atoms with E-state index in [0.29, 0.717) is 0 Å². The minimum atomic E-state index is -0.617. The molecule has 0 unspecified atom stereocenters. The number of carbonyl (C=O) groups excluding carboxylic acids is 1. The lowest BCUT2D eigenvalue weighted by Gasteiger charge is -2.14. The molecule has 0 fully saturated rings. The van der Waals surface area contributed by atoms with E-state index in [0.717, 1.165) is 6.26 Å². The average Bonchev–Trinajstić information content (AvgIpc) is 1.89. The summed E-state index contributed by atoms with van der Waals surface area (Å²) in [5.74, 6) is -0.336. The standard InChI is InChI=1S/C8H12O2/c1-5-8(3,4)7(9)10-6-2/h5-6H,1-2H2,3-4H3. The van der Waals surface area contributed by atoms with Gasteiger partial charge in [0.25, 0.3) is 0 Å². The third-order valence-corrected chi connectivity index (χ3v) is 1.23. The van der Waals surface area contributed by atoms with Gasteiger partial charge < -0.3 is 4.74 Å². The van der Waals surface area contributed by atoms with Gasteiger partial charge in [-0.1, -0.05) is 12.7 Å². The van der Waals surface area contributed by atoms with Crippen LogP contribution < -0.4 is 0 Å². The first-order valence-corrected chi connectivity index (χ1v) is 3.00. The average molecular weight is 140 g/mol. The van der Waals surface area contributed by atoms with E-state index >= 15 is 0 Å². The smallest absolute Gasteiger partial charge is 0.320 e. The van der Waals surface area contributed by atoms with Gasteiger partial charge in [-0.15, -0.1) is 6.58 Å². The molecular formula is C8H12O2. The summed E-state index contributed by atoms with van der Waals surface area (Å²) in [5, 5.41) is 0. The number of esters is 1. The monoisotopic (exact) mass is 140 g/mol. The maximum absolute atomic E-state index is 10.9. The lowest BCUT2D eigenvalue weighted by atomic mass is 9.94. The normalized spacial score (nSPS) is 10.2. The molecule has 0 N–H and O–H groups in total. The van der Waals surface area contributed by atoms with E-state index < -0.39 is 5.41 Å². The van der Waals surface area contributed by atoms with Crippen molar-refractivity contribution < 1.29 is 9.53 Å². The highest BCUT2D eigenvalue weighted by molar-refractivity contribution is 5.78. The number of rotatable bonds is 3. The number of hydrogen-bond acceptors (Lipinski definition) is 2. The molecule has 0 radical (unpaired) electrons. The van der Waals surface area contributed by atoms with Gasteiger partial charge in [0.05, 0.1) is 11.7 Å². The van der Waals surface area contributed by atoms with Crippen molar-refractivity contribution >= 4 is 5.97 Å². The topological polar surface area (TPSA) is 26.3 Å². The van der Waals surface area contributed by atoms with E-state index in [1.807, 2.05) is 0 Å². The van der Waals surface area contributed by atoms with Gasteiger partial charge in [-0.05, 0) is 13.8 Å². The molecule has 0 aliphatic heterocycles. The van der Waals surface area contributed by atoms with Gasteiger partial charge in [-0.25, -0.2) is 0 Å². The molecule has 10 heavy (non-hydrogen) atoms. The first-order valence-electron chi connectivity index (χ1n) is 3.00. The Morgan fingerprint density at radius 3 is 2.30 bits per heavy atom. The van der Waals surface area contributed by atoms with Crippen LogP contribution in [-0.4, -0.2) is 5.97 Å². The minimum Gasteiger partial charge on any atom is -0.434 e. The first-order chi connectivity index (χ1) is 4.54. The zero-order valence-corrected chi connectivity index (χ0v) is 6.39. The summed E-state index contributed by atoms with van der Waals surface area (Å²) in [4.78, 5) is 10.9. The van der Waals surface area contributed by atoms with Crippen LogP contribution in [0, 0.1) is 5.41 Å². The van der Waals surface area contributed by atoms with E-state index in [-0.39, 0.29) is 5.97 Å². The van der Waals surface area contributed by atoms with Crippen LogP contribution in [0.5, 0.6) is 0 Å². The van der Waals surface area contributed by atoms with Gasteiger partial charge in [0.2, 0.25) is 0 Å². The Bertz CT molecular complexity index is 157. The summed E-state index contributed by atoms with van der Waals surface area (Å²) in [7, 11) is 0. The predicted octanol–water partition coefficient (Wildman–Crippen LogP) is 1.89. The van der Waals surface area contributed by atoms with Crippen molar-refractivity contribution in [1.29, 1.82) is 0 Å². The largest absolute Gasteiger partial charge is 0.434 e. The molecule has 0 heterocycles. The summed E-state index contributed by atoms with van der Waals surface area (Å²) in [5.41, 5.74) is -0.617. The number of ether oxygens (including phenoxy) is 1. The molecule has 0 saturated heterocycles. The summed E-state index contributed by atoms with van der Waals surface area (Å²) in [6, 6.07) is 0. The van der Waals surface area contributed by atoms with E-state index in [2.05, 4.69) is 17.9 Å². The third kappa shape index (κ3) is 2.05. The zero-order chi connectivity index (χ0) is 8.20. The van der Waals surface area contributed by atoms with E-state index in [1.165, 1.54) is 0 Å². The summed E-state index contributed by atoms with van der Waals surface area (Å²) in [6.45, 7) is 10.2. The van der Waals surface area contributed by atoms with E-state index in [9.17, 15) is 4.79 Å². The molecule has 0 rings (SSSR count). The maximum atomic E-state index is 10.9. The van der Waals surface area contributed by atoms with Crippen LogP contribution in [-0.2, 0) is 9.53 Å². The van der Waals surface area contributed by atoms with Crippen molar-refractivity contribution in [2.24, 2.45) is 5.41 Å². The Kier molecular flexibility index (Phi) is 2.87. The van der Waals surface area contributed by atoms with Crippen molar-refractivity contribution in [1.82, 2.24) is 0 Å². The lowest BCUT2D eigenvalue weighted by Crippen LogP contribution is -2.22. The SMILES string of the molecule is C=COC(=O)C(C)(C)C=C. The predicted molar refractivity (Wildman–Crippen MR) is 40.3 cm³/mol. The molecule has 0 bridgehead atoms. The maximum Gasteiger partial charge on any atom is 0.320 e. The van der Waals surface area contributed by atoms with Gasteiger partial charge in [-0.3, -0.25) is 4.79 Å². The molecule has 2 heteroatoms. The number of hydrogen-bond donors (Lipinski definition) is 0. The fourth-order valence-corrected chi connectivity index (χ4v) is 0.311. The molecule has 0 aromatic heterocycles. The first kappa shape index (κ1) is 8.95. The Morgan fingerprint density at radius 1 is 1.50 bits per heavy atom. The van der Waals surface area contributed by atoms with Gasteiger partial charge in [-0.2, -0.15) is 0 Å². The lowest BCUT2D eigenvalue weighted by molar-refractivity contribution is -0.145. The van der Waals surface area contributed by atoms with Crippen LogP contribution in [0.15, 0.2) is 25.5 Å². The van der Waals surface area contributed by atoms with Gasteiger partial charge in [0, 0.05) is 0 Å². The summed E-state index contributed by atoms with van der Waals surface area (Å²) >= 11 is 0. The third-order valence-electron chi connectivity index (χ3n) is 1.23. The second-order valence-corrected chi connectivity index (χ2v) is 2.50. The highest BCUT2D eigenvalue weighted by Crippen LogP contribution is 2.17. The second-order valence-electron chi connectivity index (χ2n) is 2.50. The molecular weight excluding hydrogens is 128 g/mol. The van der Waals surface area contributed by atoms with Crippen LogP contribution in [0.1, 0.15) is 13.8 Å². The second kappa shape index (κ2) is 3.20. The fourth-order valence-electron chi connectivity index (χ4n) is 0.311. The van der Waals surface area contributed by atoms with Crippen molar-refractivity contribution in [3.63, 3.8) is 0 Å². The Labute approximate surface area is 61.2 Å². The Balaban J connectivity index is 4.17. The summed E-state index contributed by atoms with van der Waals surface area (Å²) < 4.78 is 4.55. The van der Waals surface area contributed by atoms with Crippen LogP contribution >= 0.6 is 0 Å². The van der Waals surface area contributed by atoms with E-state index in [1.54, 1.807) is 19.9 Å². The van der Waals surface area contributed by atoms with Crippen LogP contribution in [0.2, 0.25) is 0 Å². The van der Waals surface area contributed by atoms with Crippen molar-refractivity contribution in [2.75, 3.05) is 0 Å². The zero-order valence-electron chi connectivity index (χ0n) is 6.39. The molecule has 2 nitrogen and oxygen atoms in total. The molecule has 0 spiro atoms. The van der Waals surface area contributed by atoms with Crippen molar-refractivity contribution in [3.05, 3.63) is 25.5 Å². The molecule has 0 aliphatic rings. The van der Waals surface area contributed by atoms with Gasteiger partial charge in [0.1, 0.15) is 0 Å². The molecule has 0 aromatic rings. The highest BCUT2D eigenvalue weighted by atomic mass is 16.5. The number of carbonyl (C=O) groups is 1. The summed E-state index contributed by atoms with van der Waals surface area (Å²) in [6.07, 6.45) is 2.66. The molecule has 56 valence electrons. The van der Waals surface area contributed by atoms with Crippen molar-refractivity contribution in [2.45, 2.75) is 13.8 Å². The minimum absolute atomic E-state index is 0.336. The van der Waals surface area contributed by atoms with Crippen LogP contribution in [0.3, 0.4) is 0 Å². The van der Waals surface area contributed by atoms with Crippen LogP contribution in [0.25, 0.3) is 0 Å². The Morgan fingerprint density at radius 2 is 2.00 bits per heavy atom.